The molecular weight excluding hydrogens is 384 g/mol. The van der Waals surface area contributed by atoms with Crippen molar-refractivity contribution in [2.75, 3.05) is 39.2 Å². The van der Waals surface area contributed by atoms with Crippen molar-refractivity contribution in [3.8, 4) is 17.2 Å². The van der Waals surface area contributed by atoms with Gasteiger partial charge in [-0.05, 0) is 37.3 Å². The molecule has 2 rings (SSSR count). The van der Waals surface area contributed by atoms with E-state index in [4.69, 9.17) is 25.8 Å². The minimum atomic E-state index is -0.383. The number of anilines is 1. The number of amides is 2. The maximum atomic E-state index is 12.3. The summed E-state index contributed by atoms with van der Waals surface area (Å²) >= 11 is 5.95. The van der Waals surface area contributed by atoms with Crippen molar-refractivity contribution in [2.24, 2.45) is 0 Å². The Kier molecular flexibility index (Phi) is 7.95. The molecule has 8 heteroatoms. The number of halogens is 1. The smallest absolute Gasteiger partial charge is 0.260 e. The summed E-state index contributed by atoms with van der Waals surface area (Å²) in [5.41, 5.74) is 0.433. The Labute approximate surface area is 169 Å². The van der Waals surface area contributed by atoms with E-state index in [1.807, 2.05) is 13.0 Å². The molecule has 0 saturated heterocycles. The molecule has 0 aliphatic rings. The van der Waals surface area contributed by atoms with Crippen LogP contribution in [0.4, 0.5) is 5.69 Å². The number of likely N-dealkylation sites (N-methyl/N-ethyl adjacent to an activating group) is 1. The highest BCUT2D eigenvalue weighted by Crippen LogP contribution is 2.28. The number of carbonyl (C=O) groups is 2. The number of para-hydroxylation sites is 2. The van der Waals surface area contributed by atoms with Crippen LogP contribution in [0.3, 0.4) is 0 Å². The van der Waals surface area contributed by atoms with Gasteiger partial charge in [0.25, 0.3) is 5.91 Å². The maximum absolute atomic E-state index is 12.3. The molecule has 0 fully saturated rings. The largest absolute Gasteiger partial charge is 0.495 e. The molecule has 1 N–H and O–H groups in total. The number of hydrogen-bond acceptors (Lipinski definition) is 5. The lowest BCUT2D eigenvalue weighted by atomic mass is 10.3. The second-order valence-electron chi connectivity index (χ2n) is 5.81. The quantitative estimate of drug-likeness (QED) is 0.691. The van der Waals surface area contributed by atoms with E-state index in [-0.39, 0.29) is 25.0 Å². The van der Waals surface area contributed by atoms with Crippen molar-refractivity contribution in [3.63, 3.8) is 0 Å². The van der Waals surface area contributed by atoms with Crippen LogP contribution in [0, 0.1) is 0 Å². The first-order valence-electron chi connectivity index (χ1n) is 8.66. The Morgan fingerprint density at radius 1 is 1.07 bits per heavy atom. The normalized spacial score (nSPS) is 10.1. The van der Waals surface area contributed by atoms with Crippen LogP contribution in [0.2, 0.25) is 5.02 Å². The summed E-state index contributed by atoms with van der Waals surface area (Å²) in [6.07, 6.45) is 0. The van der Waals surface area contributed by atoms with E-state index in [9.17, 15) is 9.59 Å². The number of benzene rings is 2. The monoisotopic (exact) mass is 406 g/mol. The molecule has 2 amide bonds. The fraction of sp³-hybridized carbons (Fsp3) is 0.300. The molecule has 0 saturated carbocycles. The van der Waals surface area contributed by atoms with E-state index in [0.29, 0.717) is 34.6 Å². The van der Waals surface area contributed by atoms with Crippen LogP contribution in [0.5, 0.6) is 17.2 Å². The fourth-order valence-electron chi connectivity index (χ4n) is 2.37. The maximum Gasteiger partial charge on any atom is 0.260 e. The lowest BCUT2D eigenvalue weighted by molar-refractivity contribution is -0.135. The average molecular weight is 407 g/mol. The predicted octanol–water partition coefficient (Wildman–Crippen LogP) is 3.22. The van der Waals surface area contributed by atoms with Crippen LogP contribution in [0.15, 0.2) is 42.5 Å². The predicted molar refractivity (Wildman–Crippen MR) is 107 cm³/mol. The van der Waals surface area contributed by atoms with Crippen LogP contribution in [-0.4, -0.2) is 50.6 Å². The molecule has 0 aromatic heterocycles. The van der Waals surface area contributed by atoms with Gasteiger partial charge >= 0.3 is 0 Å². The summed E-state index contributed by atoms with van der Waals surface area (Å²) < 4.78 is 16.2. The first-order valence-corrected chi connectivity index (χ1v) is 9.04. The second-order valence-corrected chi connectivity index (χ2v) is 6.25. The SMILES string of the molecule is CCOc1ccccc1OCC(=O)N(C)CC(=O)Nc1cc(Cl)ccc1OC. The number of rotatable bonds is 9. The van der Waals surface area contributed by atoms with Crippen LogP contribution in [-0.2, 0) is 9.59 Å². The fourth-order valence-corrected chi connectivity index (χ4v) is 2.54. The van der Waals surface area contributed by atoms with Gasteiger partial charge in [-0.1, -0.05) is 23.7 Å². The van der Waals surface area contributed by atoms with E-state index in [2.05, 4.69) is 5.32 Å². The van der Waals surface area contributed by atoms with Gasteiger partial charge in [0.2, 0.25) is 5.91 Å². The second kappa shape index (κ2) is 10.4. The van der Waals surface area contributed by atoms with Crippen LogP contribution >= 0.6 is 11.6 Å². The lowest BCUT2D eigenvalue weighted by Crippen LogP contribution is -2.37. The Morgan fingerprint density at radius 2 is 1.75 bits per heavy atom. The molecule has 0 unspecified atom stereocenters. The van der Waals surface area contributed by atoms with Gasteiger partial charge in [-0.25, -0.2) is 0 Å². The molecule has 28 heavy (non-hydrogen) atoms. The summed E-state index contributed by atoms with van der Waals surface area (Å²) in [5.74, 6) is 0.777. The molecule has 0 aliphatic heterocycles. The Morgan fingerprint density at radius 3 is 2.39 bits per heavy atom. The minimum absolute atomic E-state index is 0.148. The van der Waals surface area contributed by atoms with Gasteiger partial charge in [0.15, 0.2) is 18.1 Å². The van der Waals surface area contributed by atoms with Crippen LogP contribution in [0.1, 0.15) is 6.92 Å². The molecule has 150 valence electrons. The minimum Gasteiger partial charge on any atom is -0.495 e. The lowest BCUT2D eigenvalue weighted by Gasteiger charge is -2.18. The van der Waals surface area contributed by atoms with E-state index >= 15 is 0 Å². The summed E-state index contributed by atoms with van der Waals surface area (Å²) in [5, 5.41) is 3.14. The van der Waals surface area contributed by atoms with Gasteiger partial charge in [-0.15, -0.1) is 0 Å². The van der Waals surface area contributed by atoms with Crippen molar-refractivity contribution >= 4 is 29.1 Å². The third-order valence-electron chi connectivity index (χ3n) is 3.74. The summed E-state index contributed by atoms with van der Waals surface area (Å²) in [6, 6.07) is 12.0. The van der Waals surface area contributed by atoms with Gasteiger partial charge in [-0.3, -0.25) is 9.59 Å². The number of ether oxygens (including phenoxy) is 3. The summed E-state index contributed by atoms with van der Waals surface area (Å²) in [7, 11) is 3.01. The summed E-state index contributed by atoms with van der Waals surface area (Å²) in [6.45, 7) is 1.99. The zero-order chi connectivity index (χ0) is 20.5. The van der Waals surface area contributed by atoms with Crippen molar-refractivity contribution in [3.05, 3.63) is 47.5 Å². The molecule has 2 aromatic rings. The third kappa shape index (κ3) is 6.06. The number of carbonyl (C=O) groups excluding carboxylic acids is 2. The van der Waals surface area contributed by atoms with E-state index < -0.39 is 0 Å². The number of nitrogens with zero attached hydrogens (tertiary/aromatic N) is 1. The zero-order valence-electron chi connectivity index (χ0n) is 16.0. The van der Waals surface area contributed by atoms with Gasteiger partial charge in [0.1, 0.15) is 5.75 Å². The van der Waals surface area contributed by atoms with Gasteiger partial charge in [0, 0.05) is 12.1 Å². The summed E-state index contributed by atoms with van der Waals surface area (Å²) in [4.78, 5) is 25.8. The Balaban J connectivity index is 1.90. The molecule has 0 heterocycles. The van der Waals surface area contributed by atoms with Crippen LogP contribution < -0.4 is 19.5 Å². The first-order chi connectivity index (χ1) is 13.4. The topological polar surface area (TPSA) is 77.1 Å². The van der Waals surface area contributed by atoms with E-state index in [0.717, 1.165) is 0 Å². The van der Waals surface area contributed by atoms with Crippen molar-refractivity contribution < 1.29 is 23.8 Å². The zero-order valence-corrected chi connectivity index (χ0v) is 16.8. The molecule has 2 aromatic carbocycles. The Hall–Kier alpha value is -2.93. The highest BCUT2D eigenvalue weighted by atomic mass is 35.5. The first kappa shape index (κ1) is 21.4. The number of hydrogen-bond donors (Lipinski definition) is 1. The molecule has 0 radical (unpaired) electrons. The molecular formula is C20H23ClN2O5. The van der Waals surface area contributed by atoms with Crippen molar-refractivity contribution in [1.82, 2.24) is 4.90 Å². The highest BCUT2D eigenvalue weighted by Gasteiger charge is 2.16. The van der Waals surface area contributed by atoms with Gasteiger partial charge in [0.05, 0.1) is 25.9 Å². The van der Waals surface area contributed by atoms with Crippen molar-refractivity contribution in [1.29, 1.82) is 0 Å². The van der Waals surface area contributed by atoms with Crippen molar-refractivity contribution in [2.45, 2.75) is 6.92 Å². The average Bonchev–Trinajstić information content (AvgIpc) is 2.67. The molecule has 0 aliphatic carbocycles. The highest BCUT2D eigenvalue weighted by molar-refractivity contribution is 6.31. The number of nitrogens with one attached hydrogen (secondary N) is 1. The number of methoxy groups -OCH3 is 1. The van der Waals surface area contributed by atoms with E-state index in [1.54, 1.807) is 36.4 Å². The molecule has 0 atom stereocenters. The third-order valence-corrected chi connectivity index (χ3v) is 3.98. The molecule has 7 nitrogen and oxygen atoms in total. The van der Waals surface area contributed by atoms with Gasteiger partial charge in [-0.2, -0.15) is 0 Å². The molecule has 0 spiro atoms. The standard InChI is InChI=1S/C20H23ClN2O5/c1-4-27-17-7-5-6-8-18(17)28-13-20(25)23(2)12-19(24)22-15-11-14(21)9-10-16(15)26-3/h5-11H,4,12-13H2,1-3H3,(H,22,24). The van der Waals surface area contributed by atoms with Gasteiger partial charge < -0.3 is 24.4 Å². The van der Waals surface area contributed by atoms with E-state index in [1.165, 1.54) is 19.1 Å². The van der Waals surface area contributed by atoms with Crippen LogP contribution in [0.25, 0.3) is 0 Å². The Bertz CT molecular complexity index is 828. The molecule has 0 bridgehead atoms.